The summed E-state index contributed by atoms with van der Waals surface area (Å²) in [5.74, 6) is -1.21. The van der Waals surface area contributed by atoms with E-state index in [1.54, 1.807) is 64.1 Å². The van der Waals surface area contributed by atoms with Crippen molar-refractivity contribution in [3.63, 3.8) is 0 Å². The number of benzene rings is 1. The van der Waals surface area contributed by atoms with E-state index in [4.69, 9.17) is 9.47 Å². The first-order valence-electron chi connectivity index (χ1n) is 10.3. The molecule has 0 aliphatic carbocycles. The van der Waals surface area contributed by atoms with Crippen LogP contribution in [0.4, 0.5) is 4.79 Å². The van der Waals surface area contributed by atoms with Gasteiger partial charge in [-0.2, -0.15) is 0 Å². The third-order valence-corrected chi connectivity index (χ3v) is 5.67. The van der Waals surface area contributed by atoms with Crippen molar-refractivity contribution >= 4 is 35.2 Å². The van der Waals surface area contributed by atoms with E-state index < -0.39 is 23.7 Å². The fourth-order valence-corrected chi connectivity index (χ4v) is 4.30. The molecule has 1 aromatic heterocycles. The number of imide groups is 1. The number of alkyl carbamates (subject to hydrolysis) is 1. The summed E-state index contributed by atoms with van der Waals surface area (Å²) in [6.07, 6.45) is -0.511. The molecule has 2 heterocycles. The van der Waals surface area contributed by atoms with E-state index >= 15 is 0 Å². The molecule has 9 heteroatoms. The number of thiophene rings is 1. The number of hydrogen-bond donors (Lipinski definition) is 1. The highest BCUT2D eigenvalue weighted by atomic mass is 32.1. The third-order valence-electron chi connectivity index (χ3n) is 4.58. The van der Waals surface area contributed by atoms with Gasteiger partial charge in [-0.05, 0) is 52.0 Å². The van der Waals surface area contributed by atoms with Gasteiger partial charge in [0.2, 0.25) is 0 Å². The fraction of sp³-hybridized carbons (Fsp3) is 0.391. The van der Waals surface area contributed by atoms with Crippen molar-refractivity contribution in [1.29, 1.82) is 0 Å². The molecule has 1 atom stereocenters. The van der Waals surface area contributed by atoms with Crippen molar-refractivity contribution in [2.75, 3.05) is 6.61 Å². The lowest BCUT2D eigenvalue weighted by atomic mass is 10.1. The lowest BCUT2D eigenvalue weighted by molar-refractivity contribution is -0.145. The summed E-state index contributed by atoms with van der Waals surface area (Å²) in [5, 5.41) is 2.57. The normalized spacial score (nSPS) is 14.2. The monoisotopic (exact) mass is 458 g/mol. The Morgan fingerprint density at radius 2 is 1.62 bits per heavy atom. The molecule has 0 radical (unpaired) electrons. The lowest BCUT2D eigenvalue weighted by Crippen LogP contribution is -2.45. The molecule has 0 spiro atoms. The molecule has 0 bridgehead atoms. The molecule has 3 amide bonds. The first kappa shape index (κ1) is 23.5. The SMILES string of the molecule is CCOC(=O)C(Cc1ccc(CN2C(=O)c3ccccc3C2=O)s1)NC(=O)OC(C)(C)C. The van der Waals surface area contributed by atoms with Crippen molar-refractivity contribution in [2.45, 2.75) is 52.3 Å². The molecule has 0 fully saturated rings. The second-order valence-electron chi connectivity index (χ2n) is 8.27. The quantitative estimate of drug-likeness (QED) is 0.503. The molecule has 32 heavy (non-hydrogen) atoms. The highest BCUT2D eigenvalue weighted by molar-refractivity contribution is 7.12. The first-order chi connectivity index (χ1) is 15.1. The van der Waals surface area contributed by atoms with E-state index in [0.717, 1.165) is 9.75 Å². The second kappa shape index (κ2) is 9.52. The summed E-state index contributed by atoms with van der Waals surface area (Å²) in [6.45, 7) is 7.21. The van der Waals surface area contributed by atoms with Crippen LogP contribution in [0.25, 0.3) is 0 Å². The van der Waals surface area contributed by atoms with Crippen LogP contribution < -0.4 is 5.32 Å². The van der Waals surface area contributed by atoms with Crippen LogP contribution in [0.15, 0.2) is 36.4 Å². The molecular formula is C23H26N2O6S. The number of ether oxygens (including phenoxy) is 2. The van der Waals surface area contributed by atoms with Crippen LogP contribution in [0.1, 0.15) is 58.2 Å². The van der Waals surface area contributed by atoms with Crippen LogP contribution in [0.5, 0.6) is 0 Å². The van der Waals surface area contributed by atoms with Crippen molar-refractivity contribution in [1.82, 2.24) is 10.2 Å². The minimum Gasteiger partial charge on any atom is -0.464 e. The zero-order valence-corrected chi connectivity index (χ0v) is 19.3. The van der Waals surface area contributed by atoms with E-state index in [0.29, 0.717) is 11.1 Å². The summed E-state index contributed by atoms with van der Waals surface area (Å²) in [7, 11) is 0. The van der Waals surface area contributed by atoms with Crippen LogP contribution in [0, 0.1) is 0 Å². The van der Waals surface area contributed by atoms with Gasteiger partial charge >= 0.3 is 12.1 Å². The van der Waals surface area contributed by atoms with Crippen molar-refractivity contribution in [2.24, 2.45) is 0 Å². The molecule has 170 valence electrons. The van der Waals surface area contributed by atoms with E-state index in [1.165, 1.54) is 16.2 Å². The number of carbonyl (C=O) groups is 4. The Hall–Kier alpha value is -3.20. The smallest absolute Gasteiger partial charge is 0.408 e. The fourth-order valence-electron chi connectivity index (χ4n) is 3.24. The Labute approximate surface area is 190 Å². The van der Waals surface area contributed by atoms with Crippen LogP contribution in [-0.4, -0.2) is 47.0 Å². The average molecular weight is 459 g/mol. The number of carbonyl (C=O) groups excluding carboxylic acids is 4. The van der Waals surface area contributed by atoms with Gasteiger partial charge < -0.3 is 14.8 Å². The summed E-state index contributed by atoms with van der Waals surface area (Å²) < 4.78 is 10.3. The predicted octanol–water partition coefficient (Wildman–Crippen LogP) is 3.54. The van der Waals surface area contributed by atoms with E-state index in [-0.39, 0.29) is 31.4 Å². The van der Waals surface area contributed by atoms with Crippen LogP contribution in [0.3, 0.4) is 0 Å². The second-order valence-corrected chi connectivity index (χ2v) is 9.52. The van der Waals surface area contributed by atoms with Gasteiger partial charge in [0.15, 0.2) is 0 Å². The van der Waals surface area contributed by atoms with Gasteiger partial charge in [-0.3, -0.25) is 14.5 Å². The molecule has 3 rings (SSSR count). The zero-order valence-electron chi connectivity index (χ0n) is 18.5. The molecule has 1 aliphatic rings. The van der Waals surface area contributed by atoms with Crippen LogP contribution >= 0.6 is 11.3 Å². The number of hydrogen-bond acceptors (Lipinski definition) is 7. The van der Waals surface area contributed by atoms with E-state index in [1.807, 2.05) is 0 Å². The molecule has 1 aliphatic heterocycles. The minimum atomic E-state index is -0.921. The Morgan fingerprint density at radius 1 is 1.03 bits per heavy atom. The molecule has 1 aromatic carbocycles. The van der Waals surface area contributed by atoms with Crippen molar-refractivity contribution < 1.29 is 28.7 Å². The highest BCUT2D eigenvalue weighted by Crippen LogP contribution is 2.27. The minimum absolute atomic E-state index is 0.139. The number of nitrogens with zero attached hydrogens (tertiary/aromatic N) is 1. The molecule has 1 N–H and O–H groups in total. The first-order valence-corrected chi connectivity index (χ1v) is 11.1. The number of amides is 3. The van der Waals surface area contributed by atoms with Gasteiger partial charge in [-0.1, -0.05) is 12.1 Å². The maximum Gasteiger partial charge on any atom is 0.408 e. The summed E-state index contributed by atoms with van der Waals surface area (Å²) in [5.41, 5.74) is 0.0996. The summed E-state index contributed by atoms with van der Waals surface area (Å²) in [6, 6.07) is 9.42. The Kier molecular flexibility index (Phi) is 6.98. The van der Waals surface area contributed by atoms with Gasteiger partial charge in [0.05, 0.1) is 24.3 Å². The zero-order chi connectivity index (χ0) is 23.5. The number of fused-ring (bicyclic) bond motifs is 1. The molecule has 2 aromatic rings. The highest BCUT2D eigenvalue weighted by Gasteiger charge is 2.35. The number of rotatable bonds is 7. The Morgan fingerprint density at radius 3 is 2.19 bits per heavy atom. The Balaban J connectivity index is 1.69. The molecule has 1 unspecified atom stereocenters. The van der Waals surface area contributed by atoms with Gasteiger partial charge in [0.25, 0.3) is 11.8 Å². The molecular weight excluding hydrogens is 432 g/mol. The number of nitrogens with one attached hydrogen (secondary N) is 1. The lowest BCUT2D eigenvalue weighted by Gasteiger charge is -2.22. The Bertz CT molecular complexity index is 1000. The van der Waals surface area contributed by atoms with E-state index in [2.05, 4.69) is 5.32 Å². The van der Waals surface area contributed by atoms with Crippen molar-refractivity contribution in [3.05, 3.63) is 57.3 Å². The van der Waals surface area contributed by atoms with Gasteiger partial charge in [0.1, 0.15) is 11.6 Å². The molecule has 0 saturated carbocycles. The third kappa shape index (κ3) is 5.53. The molecule has 8 nitrogen and oxygen atoms in total. The predicted molar refractivity (Wildman–Crippen MR) is 118 cm³/mol. The van der Waals surface area contributed by atoms with Gasteiger partial charge in [-0.25, -0.2) is 9.59 Å². The summed E-state index contributed by atoms with van der Waals surface area (Å²) >= 11 is 1.36. The maximum absolute atomic E-state index is 12.6. The maximum atomic E-state index is 12.6. The largest absolute Gasteiger partial charge is 0.464 e. The topological polar surface area (TPSA) is 102 Å². The van der Waals surface area contributed by atoms with Crippen LogP contribution in [-0.2, 0) is 27.2 Å². The van der Waals surface area contributed by atoms with E-state index in [9.17, 15) is 19.2 Å². The average Bonchev–Trinajstić information content (AvgIpc) is 3.25. The van der Waals surface area contributed by atoms with Crippen molar-refractivity contribution in [3.8, 4) is 0 Å². The number of esters is 1. The van der Waals surface area contributed by atoms with Gasteiger partial charge in [0, 0.05) is 16.2 Å². The van der Waals surface area contributed by atoms with Gasteiger partial charge in [-0.15, -0.1) is 11.3 Å². The standard InChI is InChI=1S/C23H26N2O6S/c1-5-30-21(28)18(24-22(29)31-23(2,3)4)12-14-10-11-15(32-14)13-25-19(26)16-8-6-7-9-17(16)20(25)27/h6-11,18H,5,12-13H2,1-4H3,(H,24,29). The summed E-state index contributed by atoms with van der Waals surface area (Å²) in [4.78, 5) is 52.5. The van der Waals surface area contributed by atoms with Crippen LogP contribution in [0.2, 0.25) is 0 Å². The molecule has 0 saturated heterocycles.